The van der Waals surface area contributed by atoms with Crippen LogP contribution in [0.5, 0.6) is 0 Å². The van der Waals surface area contributed by atoms with Crippen LogP contribution in [0.1, 0.15) is 39.0 Å². The van der Waals surface area contributed by atoms with Gasteiger partial charge in [-0.05, 0) is 44.6 Å². The Morgan fingerprint density at radius 1 is 1.25 bits per heavy atom. The standard InChI is InChI=1S/C13H26N2O/c1-11-5-6-15-12(8-11)9-14-10-13-4-2-3-7-16-13/h11-15H,2-10H2,1H3. The monoisotopic (exact) mass is 226 g/mol. The van der Waals surface area contributed by atoms with Gasteiger partial charge in [-0.15, -0.1) is 0 Å². The number of hydrogen-bond donors (Lipinski definition) is 2. The van der Waals surface area contributed by atoms with Crippen molar-refractivity contribution in [1.29, 1.82) is 0 Å². The molecule has 0 saturated carbocycles. The molecular weight excluding hydrogens is 200 g/mol. The van der Waals surface area contributed by atoms with Gasteiger partial charge in [0.25, 0.3) is 0 Å². The van der Waals surface area contributed by atoms with Crippen LogP contribution in [0.2, 0.25) is 0 Å². The summed E-state index contributed by atoms with van der Waals surface area (Å²) in [5.41, 5.74) is 0. The molecular formula is C13H26N2O. The summed E-state index contributed by atoms with van der Waals surface area (Å²) in [6.07, 6.45) is 6.95. The van der Waals surface area contributed by atoms with Gasteiger partial charge in [0.15, 0.2) is 0 Å². The number of piperidine rings is 1. The Morgan fingerprint density at radius 2 is 2.19 bits per heavy atom. The largest absolute Gasteiger partial charge is 0.377 e. The molecule has 3 heteroatoms. The maximum Gasteiger partial charge on any atom is 0.0699 e. The number of hydrogen-bond acceptors (Lipinski definition) is 3. The summed E-state index contributed by atoms with van der Waals surface area (Å²) in [4.78, 5) is 0. The van der Waals surface area contributed by atoms with E-state index >= 15 is 0 Å². The van der Waals surface area contributed by atoms with Crippen LogP contribution in [0.15, 0.2) is 0 Å². The molecule has 3 atom stereocenters. The highest BCUT2D eigenvalue weighted by atomic mass is 16.5. The fourth-order valence-electron chi connectivity index (χ4n) is 2.76. The van der Waals surface area contributed by atoms with Crippen molar-refractivity contribution in [2.24, 2.45) is 5.92 Å². The summed E-state index contributed by atoms with van der Waals surface area (Å²) in [6, 6.07) is 0.673. The molecule has 0 spiro atoms. The van der Waals surface area contributed by atoms with Crippen molar-refractivity contribution in [2.45, 2.75) is 51.2 Å². The van der Waals surface area contributed by atoms with Crippen LogP contribution in [0.3, 0.4) is 0 Å². The molecule has 2 heterocycles. The van der Waals surface area contributed by atoms with E-state index in [1.54, 1.807) is 0 Å². The molecule has 0 aromatic rings. The lowest BCUT2D eigenvalue weighted by atomic mass is 9.94. The quantitative estimate of drug-likeness (QED) is 0.763. The van der Waals surface area contributed by atoms with E-state index in [1.807, 2.05) is 0 Å². The summed E-state index contributed by atoms with van der Waals surface area (Å²) in [7, 11) is 0. The lowest BCUT2D eigenvalue weighted by Crippen LogP contribution is -2.45. The molecule has 2 aliphatic heterocycles. The topological polar surface area (TPSA) is 33.3 Å². The van der Waals surface area contributed by atoms with E-state index in [2.05, 4.69) is 17.6 Å². The number of nitrogens with one attached hydrogen (secondary N) is 2. The van der Waals surface area contributed by atoms with Crippen molar-refractivity contribution in [3.63, 3.8) is 0 Å². The third-order valence-corrected chi connectivity index (χ3v) is 3.79. The Morgan fingerprint density at radius 3 is 2.94 bits per heavy atom. The highest BCUT2D eigenvalue weighted by molar-refractivity contribution is 4.78. The minimum atomic E-state index is 0.467. The average Bonchev–Trinajstić information content (AvgIpc) is 2.30. The Bertz CT molecular complexity index is 192. The van der Waals surface area contributed by atoms with E-state index in [9.17, 15) is 0 Å². The lowest BCUT2D eigenvalue weighted by Gasteiger charge is -2.29. The van der Waals surface area contributed by atoms with E-state index < -0.39 is 0 Å². The van der Waals surface area contributed by atoms with Gasteiger partial charge in [0, 0.05) is 25.7 Å². The molecule has 16 heavy (non-hydrogen) atoms. The SMILES string of the molecule is CC1CCNC(CNCC2CCCCO2)C1. The molecule has 0 aliphatic carbocycles. The highest BCUT2D eigenvalue weighted by Crippen LogP contribution is 2.15. The number of ether oxygens (including phenoxy) is 1. The minimum Gasteiger partial charge on any atom is -0.377 e. The molecule has 2 fully saturated rings. The first-order valence-electron chi connectivity index (χ1n) is 6.90. The van der Waals surface area contributed by atoms with Crippen LogP contribution in [0.25, 0.3) is 0 Å². The fourth-order valence-corrected chi connectivity index (χ4v) is 2.76. The minimum absolute atomic E-state index is 0.467. The zero-order valence-electron chi connectivity index (χ0n) is 10.5. The second-order valence-electron chi connectivity index (χ2n) is 5.43. The summed E-state index contributed by atoms with van der Waals surface area (Å²) in [6.45, 7) is 6.65. The van der Waals surface area contributed by atoms with Crippen LogP contribution >= 0.6 is 0 Å². The predicted molar refractivity (Wildman–Crippen MR) is 66.6 cm³/mol. The number of rotatable bonds is 4. The molecule has 0 amide bonds. The van der Waals surface area contributed by atoms with Crippen molar-refractivity contribution in [1.82, 2.24) is 10.6 Å². The molecule has 3 unspecified atom stereocenters. The zero-order valence-corrected chi connectivity index (χ0v) is 10.5. The first-order chi connectivity index (χ1) is 7.84. The maximum atomic E-state index is 5.71. The van der Waals surface area contributed by atoms with E-state index in [4.69, 9.17) is 4.74 Å². The summed E-state index contributed by atoms with van der Waals surface area (Å²) in [5, 5.41) is 7.14. The van der Waals surface area contributed by atoms with Crippen LogP contribution in [-0.2, 0) is 4.74 Å². The van der Waals surface area contributed by atoms with E-state index in [-0.39, 0.29) is 0 Å². The van der Waals surface area contributed by atoms with Crippen molar-refractivity contribution in [3.8, 4) is 0 Å². The Balaban J connectivity index is 1.56. The van der Waals surface area contributed by atoms with Gasteiger partial charge >= 0.3 is 0 Å². The second kappa shape index (κ2) is 6.58. The average molecular weight is 226 g/mol. The zero-order chi connectivity index (χ0) is 11.2. The first-order valence-corrected chi connectivity index (χ1v) is 6.90. The Kier molecular flexibility index (Phi) is 5.07. The van der Waals surface area contributed by atoms with Gasteiger partial charge in [0.2, 0.25) is 0 Å². The molecule has 0 bridgehead atoms. The first kappa shape index (κ1) is 12.3. The summed E-state index contributed by atoms with van der Waals surface area (Å²) in [5.74, 6) is 0.888. The van der Waals surface area contributed by atoms with Crippen LogP contribution in [0, 0.1) is 5.92 Å². The van der Waals surface area contributed by atoms with E-state index in [0.29, 0.717) is 12.1 Å². The molecule has 2 saturated heterocycles. The van der Waals surface area contributed by atoms with Crippen molar-refractivity contribution in [2.75, 3.05) is 26.2 Å². The predicted octanol–water partition coefficient (Wildman–Crippen LogP) is 1.53. The molecule has 3 nitrogen and oxygen atoms in total. The van der Waals surface area contributed by atoms with Crippen molar-refractivity contribution in [3.05, 3.63) is 0 Å². The molecule has 94 valence electrons. The molecule has 2 rings (SSSR count). The summed E-state index contributed by atoms with van der Waals surface area (Å²) < 4.78 is 5.71. The van der Waals surface area contributed by atoms with Crippen molar-refractivity contribution < 1.29 is 4.74 Å². The van der Waals surface area contributed by atoms with Gasteiger partial charge in [0.05, 0.1) is 6.10 Å². The summed E-state index contributed by atoms with van der Waals surface area (Å²) >= 11 is 0. The van der Waals surface area contributed by atoms with Crippen LogP contribution in [-0.4, -0.2) is 38.4 Å². The molecule has 0 aromatic heterocycles. The lowest BCUT2D eigenvalue weighted by molar-refractivity contribution is 0.0166. The third-order valence-electron chi connectivity index (χ3n) is 3.79. The normalized spacial score (nSPS) is 36.2. The molecule has 2 N–H and O–H groups in total. The smallest absolute Gasteiger partial charge is 0.0699 e. The highest BCUT2D eigenvalue weighted by Gasteiger charge is 2.18. The van der Waals surface area contributed by atoms with E-state index in [1.165, 1.54) is 38.6 Å². The van der Waals surface area contributed by atoms with Gasteiger partial charge in [-0.2, -0.15) is 0 Å². The second-order valence-corrected chi connectivity index (χ2v) is 5.43. The van der Waals surface area contributed by atoms with Gasteiger partial charge in [-0.25, -0.2) is 0 Å². The molecule has 0 radical (unpaired) electrons. The Hall–Kier alpha value is -0.120. The van der Waals surface area contributed by atoms with E-state index in [0.717, 1.165) is 25.6 Å². The van der Waals surface area contributed by atoms with Gasteiger partial charge in [-0.1, -0.05) is 6.92 Å². The third kappa shape index (κ3) is 4.04. The van der Waals surface area contributed by atoms with Crippen LogP contribution < -0.4 is 10.6 Å². The van der Waals surface area contributed by atoms with Crippen molar-refractivity contribution >= 4 is 0 Å². The molecule has 0 aromatic carbocycles. The van der Waals surface area contributed by atoms with Crippen LogP contribution in [0.4, 0.5) is 0 Å². The van der Waals surface area contributed by atoms with Gasteiger partial charge in [0.1, 0.15) is 0 Å². The molecule has 2 aliphatic rings. The Labute approximate surface area is 99.3 Å². The maximum absolute atomic E-state index is 5.71. The van der Waals surface area contributed by atoms with Gasteiger partial charge < -0.3 is 15.4 Å². The fraction of sp³-hybridized carbons (Fsp3) is 1.00. The van der Waals surface area contributed by atoms with Gasteiger partial charge in [-0.3, -0.25) is 0 Å².